The van der Waals surface area contributed by atoms with Crippen molar-refractivity contribution in [2.75, 3.05) is 11.9 Å². The molecule has 1 heterocycles. The van der Waals surface area contributed by atoms with Gasteiger partial charge in [0.05, 0.1) is 10.2 Å². The molecule has 0 bridgehead atoms. The van der Waals surface area contributed by atoms with E-state index < -0.39 is 11.7 Å². The van der Waals surface area contributed by atoms with Gasteiger partial charge < -0.3 is 4.74 Å². The summed E-state index contributed by atoms with van der Waals surface area (Å²) in [4.78, 5) is 28.1. The minimum Gasteiger partial charge on any atom is -0.484 e. The summed E-state index contributed by atoms with van der Waals surface area (Å²) in [5.74, 6) is -2.59. The largest absolute Gasteiger partial charge is 0.484 e. The van der Waals surface area contributed by atoms with Crippen LogP contribution < -0.4 is 10.1 Å². The average molecular weight is 408 g/mol. The number of amides is 1. The van der Waals surface area contributed by atoms with Crippen molar-refractivity contribution in [3.8, 4) is 5.75 Å². The van der Waals surface area contributed by atoms with E-state index >= 15 is 0 Å². The van der Waals surface area contributed by atoms with E-state index in [1.807, 2.05) is 0 Å². The number of nitrogens with one attached hydrogen (secondary N) is 1. The van der Waals surface area contributed by atoms with Crippen molar-refractivity contribution < 1.29 is 23.1 Å². The summed E-state index contributed by atoms with van der Waals surface area (Å²) in [5.41, 5.74) is 1.11. The number of rotatable bonds is 7. The fourth-order valence-corrected chi connectivity index (χ4v) is 3.78. The highest BCUT2D eigenvalue weighted by Crippen LogP contribution is 2.32. The number of hydrogen-bond donors (Lipinski definition) is 1. The molecule has 0 saturated carbocycles. The van der Waals surface area contributed by atoms with E-state index in [-0.39, 0.29) is 12.4 Å². The maximum absolute atomic E-state index is 12.5. The Bertz CT molecular complexity index is 992. The van der Waals surface area contributed by atoms with Crippen molar-refractivity contribution >= 4 is 50.1 Å². The molecule has 140 valence electrons. The predicted octanol–water partition coefficient (Wildman–Crippen LogP) is 4.83. The van der Waals surface area contributed by atoms with E-state index in [4.69, 9.17) is 4.74 Å². The molecule has 0 radical (unpaired) electrons. The van der Waals surface area contributed by atoms with Crippen LogP contribution in [-0.4, -0.2) is 29.0 Å². The van der Waals surface area contributed by atoms with Crippen molar-refractivity contribution in [1.82, 2.24) is 4.98 Å². The first kappa shape index (κ1) is 19.2. The summed E-state index contributed by atoms with van der Waals surface area (Å²) in [7, 11) is 0. The van der Waals surface area contributed by atoms with Crippen LogP contribution in [0.4, 0.5) is 13.9 Å². The SMILES string of the molecule is CC(=O)c1cccc(OCC(=O)Nc2nc3ccc(SC(F)F)cc3s2)c1. The molecular formula is C18H14F2N2O3S2. The fraction of sp³-hybridized carbons (Fsp3) is 0.167. The minimum atomic E-state index is -2.49. The lowest BCUT2D eigenvalue weighted by Gasteiger charge is -2.06. The molecule has 9 heteroatoms. The summed E-state index contributed by atoms with van der Waals surface area (Å²) in [6.07, 6.45) is 0. The van der Waals surface area contributed by atoms with Gasteiger partial charge in [0.15, 0.2) is 17.5 Å². The highest BCUT2D eigenvalue weighted by molar-refractivity contribution is 7.99. The number of aromatic nitrogens is 1. The lowest BCUT2D eigenvalue weighted by Crippen LogP contribution is -2.20. The number of benzene rings is 2. The summed E-state index contributed by atoms with van der Waals surface area (Å²) < 4.78 is 31.0. The van der Waals surface area contributed by atoms with Gasteiger partial charge in [-0.05, 0) is 37.3 Å². The second-order valence-corrected chi connectivity index (χ2v) is 7.54. The minimum absolute atomic E-state index is 0.0937. The number of thiazole rings is 1. The summed E-state index contributed by atoms with van der Waals surface area (Å²) in [6, 6.07) is 11.4. The highest BCUT2D eigenvalue weighted by atomic mass is 32.2. The Morgan fingerprint density at radius 2 is 2.07 bits per heavy atom. The molecule has 0 aliphatic heterocycles. The monoisotopic (exact) mass is 408 g/mol. The van der Waals surface area contributed by atoms with Crippen LogP contribution in [0.25, 0.3) is 10.2 Å². The van der Waals surface area contributed by atoms with Crippen molar-refractivity contribution in [3.63, 3.8) is 0 Å². The number of fused-ring (bicyclic) bond motifs is 1. The Kier molecular flexibility index (Phi) is 6.02. The van der Waals surface area contributed by atoms with Crippen LogP contribution in [-0.2, 0) is 4.79 Å². The number of nitrogens with zero attached hydrogens (tertiary/aromatic N) is 1. The smallest absolute Gasteiger partial charge is 0.288 e. The molecule has 1 N–H and O–H groups in total. The standard InChI is InChI=1S/C18H14F2N2O3S2/c1-10(23)11-3-2-4-12(7-11)25-9-16(24)22-18-21-14-6-5-13(26-17(19)20)8-15(14)27-18/h2-8,17H,9H2,1H3,(H,21,22,24). The average Bonchev–Trinajstić information content (AvgIpc) is 3.01. The fourth-order valence-electron chi connectivity index (χ4n) is 2.24. The van der Waals surface area contributed by atoms with E-state index in [1.54, 1.807) is 42.5 Å². The van der Waals surface area contributed by atoms with Gasteiger partial charge in [-0.3, -0.25) is 14.9 Å². The first-order valence-electron chi connectivity index (χ1n) is 7.80. The van der Waals surface area contributed by atoms with Gasteiger partial charge in [0.2, 0.25) is 0 Å². The molecule has 2 aromatic carbocycles. The van der Waals surface area contributed by atoms with Gasteiger partial charge in [-0.2, -0.15) is 8.78 Å². The maximum atomic E-state index is 12.5. The van der Waals surface area contributed by atoms with Crippen LogP contribution in [0.1, 0.15) is 17.3 Å². The Morgan fingerprint density at radius 1 is 1.26 bits per heavy atom. The van der Waals surface area contributed by atoms with E-state index in [2.05, 4.69) is 10.3 Å². The molecule has 0 fully saturated rings. The number of carbonyl (C=O) groups excluding carboxylic acids is 2. The third kappa shape index (κ3) is 5.24. The number of ether oxygens (including phenoxy) is 1. The quantitative estimate of drug-likeness (QED) is 0.448. The number of alkyl halides is 2. The van der Waals surface area contributed by atoms with Crippen LogP contribution in [0.15, 0.2) is 47.4 Å². The third-order valence-electron chi connectivity index (χ3n) is 3.44. The summed E-state index contributed by atoms with van der Waals surface area (Å²) >= 11 is 1.65. The normalized spacial score (nSPS) is 11.0. The molecule has 0 atom stereocenters. The first-order valence-corrected chi connectivity index (χ1v) is 9.49. The van der Waals surface area contributed by atoms with Crippen LogP contribution in [0.5, 0.6) is 5.75 Å². The van der Waals surface area contributed by atoms with Crippen molar-refractivity contribution in [1.29, 1.82) is 0 Å². The second-order valence-electron chi connectivity index (χ2n) is 5.45. The Labute approximate surface area is 161 Å². The second kappa shape index (κ2) is 8.45. The molecule has 3 rings (SSSR count). The molecule has 1 amide bonds. The number of ketones is 1. The molecular weight excluding hydrogens is 394 g/mol. The molecule has 0 aliphatic rings. The number of hydrogen-bond acceptors (Lipinski definition) is 6. The van der Waals surface area contributed by atoms with E-state index in [0.717, 1.165) is 0 Å². The van der Waals surface area contributed by atoms with Gasteiger partial charge in [0, 0.05) is 10.5 Å². The zero-order chi connectivity index (χ0) is 19.4. The number of Topliss-reactive ketones (excluding diaryl/α,β-unsaturated/α-hetero) is 1. The van der Waals surface area contributed by atoms with Crippen molar-refractivity contribution in [2.45, 2.75) is 17.6 Å². The van der Waals surface area contributed by atoms with Gasteiger partial charge >= 0.3 is 0 Å². The van der Waals surface area contributed by atoms with E-state index in [1.165, 1.54) is 18.3 Å². The number of carbonyl (C=O) groups is 2. The van der Waals surface area contributed by atoms with Gasteiger partial charge in [0.1, 0.15) is 5.75 Å². The Morgan fingerprint density at radius 3 is 2.81 bits per heavy atom. The zero-order valence-corrected chi connectivity index (χ0v) is 15.7. The molecule has 1 aromatic heterocycles. The van der Waals surface area contributed by atoms with Crippen LogP contribution >= 0.6 is 23.1 Å². The number of thioether (sulfide) groups is 1. The Hall–Kier alpha value is -2.52. The molecule has 0 unspecified atom stereocenters. The summed E-state index contributed by atoms with van der Waals surface area (Å²) in [5, 5.41) is 2.98. The van der Waals surface area contributed by atoms with Crippen LogP contribution in [0.3, 0.4) is 0 Å². The Balaban J connectivity index is 1.62. The maximum Gasteiger partial charge on any atom is 0.288 e. The van der Waals surface area contributed by atoms with Crippen molar-refractivity contribution in [3.05, 3.63) is 48.0 Å². The molecule has 0 spiro atoms. The lowest BCUT2D eigenvalue weighted by atomic mass is 10.1. The highest BCUT2D eigenvalue weighted by Gasteiger charge is 2.11. The lowest BCUT2D eigenvalue weighted by molar-refractivity contribution is -0.118. The predicted molar refractivity (Wildman–Crippen MR) is 102 cm³/mol. The van der Waals surface area contributed by atoms with Gasteiger partial charge in [-0.1, -0.05) is 35.2 Å². The number of halogens is 2. The topological polar surface area (TPSA) is 68.3 Å². The van der Waals surface area contributed by atoms with E-state index in [0.29, 0.717) is 43.3 Å². The van der Waals surface area contributed by atoms with Gasteiger partial charge in [-0.25, -0.2) is 4.98 Å². The summed E-state index contributed by atoms with van der Waals surface area (Å²) in [6.45, 7) is 1.20. The van der Waals surface area contributed by atoms with E-state index in [9.17, 15) is 18.4 Å². The zero-order valence-electron chi connectivity index (χ0n) is 14.1. The number of anilines is 1. The third-order valence-corrected chi connectivity index (χ3v) is 5.08. The molecule has 0 saturated heterocycles. The molecule has 0 aliphatic carbocycles. The first-order chi connectivity index (χ1) is 12.9. The van der Waals surface area contributed by atoms with Crippen LogP contribution in [0, 0.1) is 0 Å². The van der Waals surface area contributed by atoms with Crippen LogP contribution in [0.2, 0.25) is 0 Å². The molecule has 3 aromatic rings. The van der Waals surface area contributed by atoms with Gasteiger partial charge in [-0.15, -0.1) is 0 Å². The molecule has 27 heavy (non-hydrogen) atoms. The van der Waals surface area contributed by atoms with Gasteiger partial charge in [0.25, 0.3) is 11.7 Å². The van der Waals surface area contributed by atoms with Crippen molar-refractivity contribution in [2.24, 2.45) is 0 Å². The molecule has 5 nitrogen and oxygen atoms in total.